The number of benzene rings is 2. The second-order valence-electron chi connectivity index (χ2n) is 5.79. The van der Waals surface area contributed by atoms with Gasteiger partial charge in [-0.3, -0.25) is 9.59 Å². The highest BCUT2D eigenvalue weighted by molar-refractivity contribution is 6.31. The van der Waals surface area contributed by atoms with Crippen LogP contribution in [0, 0.1) is 0 Å². The summed E-state index contributed by atoms with van der Waals surface area (Å²) in [5.41, 5.74) is 1.83. The van der Waals surface area contributed by atoms with Crippen LogP contribution in [-0.4, -0.2) is 29.8 Å². The molecule has 132 valence electrons. The van der Waals surface area contributed by atoms with Gasteiger partial charge >= 0.3 is 0 Å². The van der Waals surface area contributed by atoms with Crippen molar-refractivity contribution in [2.24, 2.45) is 0 Å². The van der Waals surface area contributed by atoms with Crippen LogP contribution < -0.4 is 5.32 Å². The van der Waals surface area contributed by atoms with Gasteiger partial charge in [-0.1, -0.05) is 67.1 Å². The van der Waals surface area contributed by atoms with E-state index in [-0.39, 0.29) is 11.8 Å². The van der Waals surface area contributed by atoms with Gasteiger partial charge in [0.05, 0.1) is 0 Å². The Morgan fingerprint density at radius 3 is 2.32 bits per heavy atom. The third-order valence-corrected chi connectivity index (χ3v) is 4.49. The lowest BCUT2D eigenvalue weighted by Crippen LogP contribution is -2.49. The van der Waals surface area contributed by atoms with Gasteiger partial charge in [0.1, 0.15) is 6.04 Å². The summed E-state index contributed by atoms with van der Waals surface area (Å²) in [4.78, 5) is 26.7. The Bertz CT molecular complexity index is 719. The Labute approximate surface area is 153 Å². The molecule has 1 N–H and O–H groups in total. The van der Waals surface area contributed by atoms with Crippen LogP contribution in [-0.2, 0) is 22.6 Å². The van der Waals surface area contributed by atoms with Crippen LogP contribution >= 0.6 is 11.6 Å². The molecule has 0 aliphatic heterocycles. The van der Waals surface area contributed by atoms with Gasteiger partial charge in [0.2, 0.25) is 11.8 Å². The molecule has 0 spiro atoms. The number of halogens is 1. The number of nitrogens with one attached hydrogen (secondary N) is 1. The first-order chi connectivity index (χ1) is 12.1. The average molecular weight is 359 g/mol. The lowest BCUT2D eigenvalue weighted by molar-refractivity contribution is -0.140. The van der Waals surface area contributed by atoms with E-state index in [9.17, 15) is 9.59 Å². The Balaban J connectivity index is 2.34. The molecule has 2 amide bonds. The number of carbonyl (C=O) groups excluding carboxylic acids is 2. The van der Waals surface area contributed by atoms with Crippen LogP contribution in [0.25, 0.3) is 0 Å². The Morgan fingerprint density at radius 2 is 1.72 bits per heavy atom. The molecule has 1 atom stereocenters. The molecule has 0 aromatic heterocycles. The summed E-state index contributed by atoms with van der Waals surface area (Å²) in [5.74, 6) is -0.262. The zero-order chi connectivity index (χ0) is 18.2. The van der Waals surface area contributed by atoms with Gasteiger partial charge in [0.25, 0.3) is 0 Å². The van der Waals surface area contributed by atoms with E-state index in [1.54, 1.807) is 24.9 Å². The first-order valence-electron chi connectivity index (χ1n) is 8.35. The highest BCUT2D eigenvalue weighted by atomic mass is 35.5. The van der Waals surface area contributed by atoms with Crippen molar-refractivity contribution < 1.29 is 9.59 Å². The van der Waals surface area contributed by atoms with E-state index in [1.165, 1.54) is 0 Å². The number of amides is 2. The largest absolute Gasteiger partial charge is 0.357 e. The van der Waals surface area contributed by atoms with E-state index in [4.69, 9.17) is 11.6 Å². The summed E-state index contributed by atoms with van der Waals surface area (Å²) in [7, 11) is 1.59. The van der Waals surface area contributed by atoms with Gasteiger partial charge in [-0.2, -0.15) is 0 Å². The summed E-state index contributed by atoms with van der Waals surface area (Å²) in [6.07, 6.45) is 0.781. The summed E-state index contributed by atoms with van der Waals surface area (Å²) in [6, 6.07) is 16.5. The predicted octanol–water partition coefficient (Wildman–Crippen LogP) is 3.44. The summed E-state index contributed by atoms with van der Waals surface area (Å²) < 4.78 is 0. The van der Waals surface area contributed by atoms with Crippen molar-refractivity contribution in [3.05, 3.63) is 70.7 Å². The number of hydrogen-bond acceptors (Lipinski definition) is 2. The van der Waals surface area contributed by atoms with Crippen molar-refractivity contribution in [2.45, 2.75) is 32.4 Å². The zero-order valence-electron chi connectivity index (χ0n) is 14.5. The van der Waals surface area contributed by atoms with Crippen LogP contribution in [0.5, 0.6) is 0 Å². The summed E-state index contributed by atoms with van der Waals surface area (Å²) in [5, 5.41) is 3.27. The third kappa shape index (κ3) is 5.07. The first kappa shape index (κ1) is 19.0. The maximum Gasteiger partial charge on any atom is 0.242 e. The van der Waals surface area contributed by atoms with Gasteiger partial charge in [-0.05, 0) is 17.2 Å². The lowest BCUT2D eigenvalue weighted by Gasteiger charge is -2.31. The molecule has 2 aromatic rings. The number of hydrogen-bond donors (Lipinski definition) is 1. The quantitative estimate of drug-likeness (QED) is 0.824. The summed E-state index contributed by atoms with van der Waals surface area (Å²) >= 11 is 6.26. The smallest absolute Gasteiger partial charge is 0.242 e. The molecular formula is C20H23ClN2O2. The molecule has 4 nitrogen and oxygen atoms in total. The van der Waals surface area contributed by atoms with Gasteiger partial charge in [0, 0.05) is 31.5 Å². The maximum absolute atomic E-state index is 12.6. The maximum atomic E-state index is 12.6. The second-order valence-corrected chi connectivity index (χ2v) is 6.19. The predicted molar refractivity (Wildman–Crippen MR) is 100 cm³/mol. The van der Waals surface area contributed by atoms with Crippen LogP contribution in [0.2, 0.25) is 5.02 Å². The minimum atomic E-state index is -0.587. The van der Waals surface area contributed by atoms with Gasteiger partial charge in [-0.15, -0.1) is 0 Å². The van der Waals surface area contributed by atoms with Crippen molar-refractivity contribution >= 4 is 23.4 Å². The molecule has 0 aliphatic rings. The van der Waals surface area contributed by atoms with Crippen LogP contribution in [0.3, 0.4) is 0 Å². The number of rotatable bonds is 7. The topological polar surface area (TPSA) is 49.4 Å². The SMILES string of the molecule is CCC(=O)N(Cc1ccccc1Cl)[C@@H](Cc1ccccc1)C(=O)NC. The van der Waals surface area contributed by atoms with Crippen molar-refractivity contribution in [3.63, 3.8) is 0 Å². The fraction of sp³-hybridized carbons (Fsp3) is 0.300. The average Bonchev–Trinajstić information content (AvgIpc) is 2.65. The van der Waals surface area contributed by atoms with E-state index < -0.39 is 6.04 Å². The molecule has 0 radical (unpaired) electrons. The normalized spacial score (nSPS) is 11.6. The molecule has 0 unspecified atom stereocenters. The standard InChI is InChI=1S/C20H23ClN2O2/c1-3-19(24)23(14-16-11-7-8-12-17(16)21)18(20(25)22-2)13-15-9-5-4-6-10-15/h4-12,18H,3,13-14H2,1-2H3,(H,22,25)/t18-/m0/s1. The fourth-order valence-corrected chi connectivity index (χ4v) is 2.93. The van der Waals surface area contributed by atoms with E-state index in [0.717, 1.165) is 11.1 Å². The van der Waals surface area contributed by atoms with Gasteiger partial charge in [0.15, 0.2) is 0 Å². The number of nitrogens with zero attached hydrogens (tertiary/aromatic N) is 1. The highest BCUT2D eigenvalue weighted by Crippen LogP contribution is 2.20. The van der Waals surface area contributed by atoms with Crippen molar-refractivity contribution in [1.82, 2.24) is 10.2 Å². The van der Waals surface area contributed by atoms with Gasteiger partial charge in [-0.25, -0.2) is 0 Å². The molecule has 0 saturated heterocycles. The zero-order valence-corrected chi connectivity index (χ0v) is 15.3. The van der Waals surface area contributed by atoms with E-state index in [1.807, 2.05) is 48.5 Å². The molecule has 5 heteroatoms. The fourth-order valence-electron chi connectivity index (χ4n) is 2.73. The number of likely N-dealkylation sites (N-methyl/N-ethyl adjacent to an activating group) is 1. The van der Waals surface area contributed by atoms with E-state index in [2.05, 4.69) is 5.32 Å². The van der Waals surface area contributed by atoms with Crippen LogP contribution in [0.1, 0.15) is 24.5 Å². The molecule has 0 bridgehead atoms. The van der Waals surface area contributed by atoms with Crippen molar-refractivity contribution in [3.8, 4) is 0 Å². The van der Waals surface area contributed by atoms with Gasteiger partial charge < -0.3 is 10.2 Å². The molecule has 25 heavy (non-hydrogen) atoms. The Kier molecular flexibility index (Phi) is 7.02. The molecule has 2 aromatic carbocycles. The van der Waals surface area contributed by atoms with Crippen molar-refractivity contribution in [1.29, 1.82) is 0 Å². The third-order valence-electron chi connectivity index (χ3n) is 4.12. The minimum absolute atomic E-state index is 0.0792. The highest BCUT2D eigenvalue weighted by Gasteiger charge is 2.29. The van der Waals surface area contributed by atoms with Crippen LogP contribution in [0.15, 0.2) is 54.6 Å². The second kappa shape index (κ2) is 9.23. The Hall–Kier alpha value is -2.33. The molecule has 2 rings (SSSR count). The van der Waals surface area contributed by atoms with E-state index in [0.29, 0.717) is 24.4 Å². The molecule has 0 saturated carbocycles. The molecule has 0 fully saturated rings. The minimum Gasteiger partial charge on any atom is -0.357 e. The first-order valence-corrected chi connectivity index (χ1v) is 8.73. The lowest BCUT2D eigenvalue weighted by atomic mass is 10.0. The van der Waals surface area contributed by atoms with Crippen molar-refractivity contribution in [2.75, 3.05) is 7.05 Å². The molecule has 0 aliphatic carbocycles. The van der Waals surface area contributed by atoms with E-state index >= 15 is 0 Å². The Morgan fingerprint density at radius 1 is 1.08 bits per heavy atom. The molecular weight excluding hydrogens is 336 g/mol. The van der Waals surface area contributed by atoms with Crippen LogP contribution in [0.4, 0.5) is 0 Å². The monoisotopic (exact) mass is 358 g/mol. The molecule has 0 heterocycles. The number of carbonyl (C=O) groups is 2. The summed E-state index contributed by atoms with van der Waals surface area (Å²) in [6.45, 7) is 2.10.